The van der Waals surface area contributed by atoms with Crippen molar-refractivity contribution in [2.24, 2.45) is 0 Å². The van der Waals surface area contributed by atoms with E-state index in [0.717, 1.165) is 35.8 Å². The van der Waals surface area contributed by atoms with Crippen LogP contribution in [0.4, 0.5) is 0 Å². The number of unbranched alkanes of at least 4 members (excludes halogenated alkanes) is 3. The van der Waals surface area contributed by atoms with Gasteiger partial charge in [-0.25, -0.2) is 0 Å². The molecule has 0 aliphatic carbocycles. The molecule has 0 aliphatic heterocycles. The lowest BCUT2D eigenvalue weighted by atomic mass is 10.1. The van der Waals surface area contributed by atoms with Crippen LogP contribution in [-0.4, -0.2) is 24.3 Å². The molecule has 2 rings (SSSR count). The molecule has 0 radical (unpaired) electrons. The maximum absolute atomic E-state index is 12.7. The van der Waals surface area contributed by atoms with Gasteiger partial charge in [-0.3, -0.25) is 9.59 Å². The Balaban J connectivity index is 1.98. The Bertz CT molecular complexity index is 898. The Morgan fingerprint density at radius 3 is 2.50 bits per heavy atom. The number of halogens is 2. The van der Waals surface area contributed by atoms with E-state index < -0.39 is 0 Å². The minimum atomic E-state index is -0.151. The quantitative estimate of drug-likeness (QED) is 0.261. The number of rotatable bonds is 12. The van der Waals surface area contributed by atoms with E-state index in [2.05, 4.69) is 31.9 Å². The van der Waals surface area contributed by atoms with Crippen molar-refractivity contribution in [3.05, 3.63) is 55.3 Å². The van der Waals surface area contributed by atoms with Crippen molar-refractivity contribution in [2.45, 2.75) is 52.2 Å². The van der Waals surface area contributed by atoms with Crippen LogP contribution >= 0.6 is 31.9 Å². The second kappa shape index (κ2) is 12.8. The van der Waals surface area contributed by atoms with Gasteiger partial charge in [0.05, 0.1) is 23.9 Å². The van der Waals surface area contributed by atoms with Crippen LogP contribution in [0.15, 0.2) is 44.1 Å². The van der Waals surface area contributed by atoms with Crippen LogP contribution in [0.25, 0.3) is 0 Å². The molecule has 2 aromatic rings. The van der Waals surface area contributed by atoms with E-state index in [0.29, 0.717) is 35.5 Å². The first kappa shape index (κ1) is 24.5. The first-order chi connectivity index (χ1) is 14.5. The summed E-state index contributed by atoms with van der Waals surface area (Å²) in [4.78, 5) is 24.1. The standard InChI is InChI=1S/C22H27Br2NO5/c1-3-29-21(26)11-6-4-5-7-12-25-20(18(23)14-19(24)22(25)27)15-30-17-10-8-9-16(13-17)28-2/h8-10,13-14H,3-7,11-12,15H2,1-2H3. The molecule has 1 aromatic heterocycles. The van der Waals surface area contributed by atoms with Gasteiger partial charge in [-0.2, -0.15) is 0 Å². The molecule has 164 valence electrons. The number of hydrogen-bond acceptors (Lipinski definition) is 5. The van der Waals surface area contributed by atoms with E-state index in [-0.39, 0.29) is 18.1 Å². The minimum absolute atomic E-state index is 0.0889. The molecule has 0 unspecified atom stereocenters. The molecule has 0 aliphatic rings. The number of esters is 1. The molecular formula is C22H27Br2NO5. The predicted molar refractivity (Wildman–Crippen MR) is 123 cm³/mol. The number of carbonyl (C=O) groups excluding carboxylic acids is 1. The number of benzene rings is 1. The van der Waals surface area contributed by atoms with E-state index in [1.807, 2.05) is 18.2 Å². The average molecular weight is 545 g/mol. The summed E-state index contributed by atoms with van der Waals surface area (Å²) in [6.07, 6.45) is 3.90. The third kappa shape index (κ3) is 7.47. The van der Waals surface area contributed by atoms with Crippen LogP contribution in [0.3, 0.4) is 0 Å². The van der Waals surface area contributed by atoms with E-state index in [1.54, 1.807) is 30.7 Å². The SMILES string of the molecule is CCOC(=O)CCCCCCn1c(COc2cccc(OC)c2)c(Br)cc(Br)c1=O. The summed E-state index contributed by atoms with van der Waals surface area (Å²) in [7, 11) is 1.61. The second-order valence-corrected chi connectivity index (χ2v) is 8.39. The summed E-state index contributed by atoms with van der Waals surface area (Å²) in [6.45, 7) is 3.05. The predicted octanol–water partition coefficient (Wildman–Crippen LogP) is 5.47. The monoisotopic (exact) mass is 543 g/mol. The highest BCUT2D eigenvalue weighted by Gasteiger charge is 2.13. The van der Waals surface area contributed by atoms with Crippen molar-refractivity contribution in [2.75, 3.05) is 13.7 Å². The van der Waals surface area contributed by atoms with Crippen molar-refractivity contribution >= 4 is 37.8 Å². The number of nitrogens with zero attached hydrogens (tertiary/aromatic N) is 1. The fourth-order valence-corrected chi connectivity index (χ4v) is 4.30. The molecule has 0 spiro atoms. The van der Waals surface area contributed by atoms with Crippen LogP contribution in [0.5, 0.6) is 11.5 Å². The molecular weight excluding hydrogens is 518 g/mol. The molecule has 8 heteroatoms. The first-order valence-corrected chi connectivity index (χ1v) is 11.5. The zero-order valence-electron chi connectivity index (χ0n) is 17.3. The molecule has 6 nitrogen and oxygen atoms in total. The summed E-state index contributed by atoms with van der Waals surface area (Å²) >= 11 is 6.89. The maximum Gasteiger partial charge on any atom is 0.305 e. The van der Waals surface area contributed by atoms with Crippen molar-refractivity contribution in [3.63, 3.8) is 0 Å². The fourth-order valence-electron chi connectivity index (χ4n) is 2.99. The number of pyridine rings is 1. The molecule has 0 atom stereocenters. The molecule has 0 fully saturated rings. The number of carbonyl (C=O) groups is 1. The lowest BCUT2D eigenvalue weighted by Gasteiger charge is -2.16. The average Bonchev–Trinajstić information content (AvgIpc) is 2.73. The number of ether oxygens (including phenoxy) is 3. The molecule has 0 saturated heterocycles. The molecule has 1 heterocycles. The number of hydrogen-bond donors (Lipinski definition) is 0. The Hall–Kier alpha value is -1.80. The summed E-state index contributed by atoms with van der Waals surface area (Å²) in [5.74, 6) is 1.23. The van der Waals surface area contributed by atoms with Gasteiger partial charge < -0.3 is 18.8 Å². The van der Waals surface area contributed by atoms with E-state index in [1.165, 1.54) is 0 Å². The molecule has 0 saturated carbocycles. The minimum Gasteiger partial charge on any atom is -0.497 e. The zero-order valence-corrected chi connectivity index (χ0v) is 20.5. The van der Waals surface area contributed by atoms with E-state index in [4.69, 9.17) is 14.2 Å². The molecule has 1 aromatic carbocycles. The second-order valence-electron chi connectivity index (χ2n) is 6.68. The van der Waals surface area contributed by atoms with Gasteiger partial charge in [0.25, 0.3) is 5.56 Å². The first-order valence-electron chi connectivity index (χ1n) is 9.96. The summed E-state index contributed by atoms with van der Waals surface area (Å²) in [5.41, 5.74) is 0.687. The number of methoxy groups -OCH3 is 1. The Morgan fingerprint density at radius 1 is 1.03 bits per heavy atom. The van der Waals surface area contributed by atoms with E-state index in [9.17, 15) is 9.59 Å². The van der Waals surface area contributed by atoms with Gasteiger partial charge in [-0.15, -0.1) is 0 Å². The highest BCUT2D eigenvalue weighted by molar-refractivity contribution is 9.11. The molecule has 0 bridgehead atoms. The van der Waals surface area contributed by atoms with Crippen LogP contribution in [0.1, 0.15) is 44.7 Å². The molecule has 0 amide bonds. The topological polar surface area (TPSA) is 66.8 Å². The van der Waals surface area contributed by atoms with Crippen molar-refractivity contribution in [1.82, 2.24) is 4.57 Å². The Kier molecular flexibility index (Phi) is 10.4. The van der Waals surface area contributed by atoms with Gasteiger partial charge in [0, 0.05) is 23.5 Å². The normalized spacial score (nSPS) is 10.7. The van der Waals surface area contributed by atoms with E-state index >= 15 is 0 Å². The summed E-state index contributed by atoms with van der Waals surface area (Å²) < 4.78 is 19.1. The zero-order chi connectivity index (χ0) is 21.9. The third-order valence-corrected chi connectivity index (χ3v) is 5.79. The lowest BCUT2D eigenvalue weighted by molar-refractivity contribution is -0.143. The summed E-state index contributed by atoms with van der Waals surface area (Å²) in [6, 6.07) is 9.11. The molecule has 0 N–H and O–H groups in total. The van der Waals surface area contributed by atoms with Gasteiger partial charge >= 0.3 is 5.97 Å². The van der Waals surface area contributed by atoms with Gasteiger partial charge in [0.2, 0.25) is 0 Å². The van der Waals surface area contributed by atoms with Crippen LogP contribution in [0.2, 0.25) is 0 Å². The third-order valence-electron chi connectivity index (χ3n) is 4.54. The van der Waals surface area contributed by atoms with Gasteiger partial charge in [-0.1, -0.05) is 18.9 Å². The van der Waals surface area contributed by atoms with Crippen LogP contribution in [-0.2, 0) is 22.7 Å². The number of aromatic nitrogens is 1. The lowest BCUT2D eigenvalue weighted by Crippen LogP contribution is -2.25. The van der Waals surface area contributed by atoms with Crippen molar-refractivity contribution in [3.8, 4) is 11.5 Å². The largest absolute Gasteiger partial charge is 0.497 e. The maximum atomic E-state index is 12.7. The highest BCUT2D eigenvalue weighted by atomic mass is 79.9. The fraction of sp³-hybridized carbons (Fsp3) is 0.455. The van der Waals surface area contributed by atoms with Crippen molar-refractivity contribution < 1.29 is 19.0 Å². The van der Waals surface area contributed by atoms with Gasteiger partial charge in [0.1, 0.15) is 18.1 Å². The van der Waals surface area contributed by atoms with Gasteiger partial charge in [-0.05, 0) is 69.8 Å². The highest BCUT2D eigenvalue weighted by Crippen LogP contribution is 2.24. The Morgan fingerprint density at radius 2 is 1.77 bits per heavy atom. The smallest absolute Gasteiger partial charge is 0.305 e. The van der Waals surface area contributed by atoms with Crippen LogP contribution in [0, 0.1) is 0 Å². The Labute approximate surface area is 193 Å². The molecule has 30 heavy (non-hydrogen) atoms. The van der Waals surface area contributed by atoms with Crippen molar-refractivity contribution in [1.29, 1.82) is 0 Å². The van der Waals surface area contributed by atoms with Crippen LogP contribution < -0.4 is 15.0 Å². The summed E-state index contributed by atoms with van der Waals surface area (Å²) in [5, 5.41) is 0. The van der Waals surface area contributed by atoms with Gasteiger partial charge in [0.15, 0.2) is 0 Å².